The molecule has 0 saturated carbocycles. The van der Waals surface area contributed by atoms with E-state index < -0.39 is 11.9 Å². The van der Waals surface area contributed by atoms with Gasteiger partial charge in [0.1, 0.15) is 5.52 Å². The van der Waals surface area contributed by atoms with Crippen LogP contribution in [0, 0.1) is 5.82 Å². The number of imidazole rings is 1. The maximum Gasteiger partial charge on any atom is 0.296 e. The second kappa shape index (κ2) is 6.14. The monoisotopic (exact) mass is 335 g/mol. The first-order valence-electron chi connectivity index (χ1n) is 7.19. The molecule has 0 aliphatic carbocycles. The molecule has 0 fully saturated rings. The van der Waals surface area contributed by atoms with Crippen LogP contribution in [0.3, 0.4) is 0 Å². The summed E-state index contributed by atoms with van der Waals surface area (Å²) in [5, 5.41) is 20.2. The van der Waals surface area contributed by atoms with Crippen LogP contribution in [0.15, 0.2) is 30.5 Å². The number of fused-ring (bicyclic) bond motifs is 1. The molecule has 5 nitrogen and oxygen atoms in total. The predicted octanol–water partition coefficient (Wildman–Crippen LogP) is 3.54. The van der Waals surface area contributed by atoms with Gasteiger partial charge in [0, 0.05) is 10.6 Å². The minimum Gasteiger partial charge on any atom is -0.480 e. The molecule has 0 unspecified atom stereocenters. The summed E-state index contributed by atoms with van der Waals surface area (Å²) in [5.41, 5.74) is 1.44. The van der Waals surface area contributed by atoms with E-state index in [1.807, 2.05) is 6.92 Å². The van der Waals surface area contributed by atoms with Crippen LogP contribution in [-0.4, -0.2) is 31.4 Å². The lowest BCUT2D eigenvalue weighted by atomic mass is 10.0. The normalized spacial score (nSPS) is 12.7. The Hall–Kier alpha value is -2.18. The average molecular weight is 336 g/mol. The maximum atomic E-state index is 14.5. The van der Waals surface area contributed by atoms with Gasteiger partial charge in [0.2, 0.25) is 0 Å². The second-order valence-corrected chi connectivity index (χ2v) is 5.62. The quantitative estimate of drug-likeness (QED) is 0.765. The lowest BCUT2D eigenvalue weighted by Crippen LogP contribution is -2.12. The van der Waals surface area contributed by atoms with E-state index in [0.29, 0.717) is 22.5 Å². The molecule has 0 bridgehead atoms. The Morgan fingerprint density at radius 3 is 2.61 bits per heavy atom. The first-order valence-corrected chi connectivity index (χ1v) is 7.56. The van der Waals surface area contributed by atoms with Gasteiger partial charge in [0.05, 0.1) is 18.8 Å². The fraction of sp³-hybridized carbons (Fsp3) is 0.250. The van der Waals surface area contributed by atoms with Crippen molar-refractivity contribution in [3.05, 3.63) is 41.3 Å². The molecular formula is C16H15ClFN3O2. The van der Waals surface area contributed by atoms with Gasteiger partial charge in [-0.1, -0.05) is 30.7 Å². The Morgan fingerprint density at radius 1 is 1.30 bits per heavy atom. The molecular weight excluding hydrogens is 321 g/mol. The smallest absolute Gasteiger partial charge is 0.296 e. The number of aliphatic hydroxyl groups excluding tert-OH is 1. The van der Waals surface area contributed by atoms with Crippen LogP contribution >= 0.6 is 11.6 Å². The van der Waals surface area contributed by atoms with E-state index in [0.717, 1.165) is 6.20 Å². The number of benzene rings is 1. The van der Waals surface area contributed by atoms with E-state index >= 15 is 0 Å². The zero-order chi connectivity index (χ0) is 16.6. The zero-order valence-electron chi connectivity index (χ0n) is 12.4. The van der Waals surface area contributed by atoms with Crippen LogP contribution in [0.2, 0.25) is 5.02 Å². The van der Waals surface area contributed by atoms with E-state index in [-0.39, 0.29) is 23.8 Å². The highest BCUT2D eigenvalue weighted by Gasteiger charge is 2.23. The number of hydrogen-bond acceptors (Lipinski definition) is 4. The number of nitrogens with zero attached hydrogens (tertiary/aromatic N) is 3. The summed E-state index contributed by atoms with van der Waals surface area (Å²) in [4.78, 5) is 7.92. The van der Waals surface area contributed by atoms with Crippen molar-refractivity contribution in [1.29, 1.82) is 0 Å². The number of hydrogen-bond donors (Lipinski definition) is 2. The fourth-order valence-electron chi connectivity index (χ4n) is 2.66. The molecule has 3 rings (SSSR count). The summed E-state index contributed by atoms with van der Waals surface area (Å²) in [6.45, 7) is 1.66. The van der Waals surface area contributed by atoms with Crippen LogP contribution in [0.25, 0.3) is 22.3 Å². The Bertz CT molecular complexity index is 845. The van der Waals surface area contributed by atoms with Crippen molar-refractivity contribution < 1.29 is 14.6 Å². The number of aliphatic hydroxyl groups is 1. The van der Waals surface area contributed by atoms with Crippen LogP contribution < -0.4 is 0 Å². The van der Waals surface area contributed by atoms with Gasteiger partial charge in [-0.15, -0.1) is 0 Å². The highest BCUT2D eigenvalue weighted by atomic mass is 35.5. The number of rotatable bonds is 4. The van der Waals surface area contributed by atoms with Crippen molar-refractivity contribution in [3.63, 3.8) is 0 Å². The van der Waals surface area contributed by atoms with Crippen LogP contribution in [0.4, 0.5) is 4.39 Å². The second-order valence-electron chi connectivity index (χ2n) is 5.19. The highest BCUT2D eigenvalue weighted by Crippen LogP contribution is 2.35. The third-order valence-corrected chi connectivity index (χ3v) is 4.08. The molecule has 3 aromatic rings. The first kappa shape index (κ1) is 15.7. The van der Waals surface area contributed by atoms with Crippen molar-refractivity contribution >= 4 is 22.8 Å². The van der Waals surface area contributed by atoms with Crippen molar-refractivity contribution in [2.75, 3.05) is 6.61 Å². The minimum absolute atomic E-state index is 0.202. The van der Waals surface area contributed by atoms with Crippen LogP contribution in [-0.2, 0) is 0 Å². The van der Waals surface area contributed by atoms with Crippen molar-refractivity contribution in [1.82, 2.24) is 14.5 Å². The van der Waals surface area contributed by atoms with E-state index in [1.165, 1.54) is 4.57 Å². The maximum absolute atomic E-state index is 14.5. The van der Waals surface area contributed by atoms with Gasteiger partial charge in [-0.25, -0.2) is 9.37 Å². The Labute approximate surface area is 137 Å². The SMILES string of the molecule is CC[C@@H](CO)n1c(O)nc2ncc(F)c(-c3ccc(Cl)cc3)c21. The van der Waals surface area contributed by atoms with E-state index in [1.54, 1.807) is 24.3 Å². The third kappa shape index (κ3) is 2.64. The zero-order valence-corrected chi connectivity index (χ0v) is 13.1. The predicted molar refractivity (Wildman–Crippen MR) is 86.0 cm³/mol. The van der Waals surface area contributed by atoms with Crippen LogP contribution in [0.1, 0.15) is 19.4 Å². The molecule has 1 aromatic carbocycles. The number of aromatic nitrogens is 3. The van der Waals surface area contributed by atoms with Crippen molar-refractivity contribution in [2.45, 2.75) is 19.4 Å². The van der Waals surface area contributed by atoms with Gasteiger partial charge < -0.3 is 10.2 Å². The van der Waals surface area contributed by atoms with Crippen LogP contribution in [0.5, 0.6) is 6.01 Å². The van der Waals surface area contributed by atoms with Crippen molar-refractivity contribution in [2.24, 2.45) is 0 Å². The largest absolute Gasteiger partial charge is 0.480 e. The molecule has 2 aromatic heterocycles. The summed E-state index contributed by atoms with van der Waals surface area (Å²) in [5.74, 6) is -0.534. The molecule has 2 N–H and O–H groups in total. The average Bonchev–Trinajstić information content (AvgIpc) is 2.87. The lowest BCUT2D eigenvalue weighted by molar-refractivity contribution is 0.216. The minimum atomic E-state index is -0.534. The molecule has 2 heterocycles. The summed E-state index contributed by atoms with van der Waals surface area (Å²) < 4.78 is 15.9. The summed E-state index contributed by atoms with van der Waals surface area (Å²) in [6, 6.07) is 5.98. The molecule has 0 aliphatic heterocycles. The Morgan fingerprint density at radius 2 is 2.00 bits per heavy atom. The molecule has 0 spiro atoms. The van der Waals surface area contributed by atoms with Gasteiger partial charge >= 0.3 is 0 Å². The van der Waals surface area contributed by atoms with Gasteiger partial charge in [-0.3, -0.25) is 4.57 Å². The van der Waals surface area contributed by atoms with Gasteiger partial charge in [0.25, 0.3) is 6.01 Å². The number of halogens is 2. The van der Waals surface area contributed by atoms with E-state index in [9.17, 15) is 14.6 Å². The molecule has 0 radical (unpaired) electrons. The van der Waals surface area contributed by atoms with Crippen molar-refractivity contribution in [3.8, 4) is 17.1 Å². The summed E-state index contributed by atoms with van der Waals surface area (Å²) in [6.07, 6.45) is 1.62. The summed E-state index contributed by atoms with van der Waals surface area (Å²) in [7, 11) is 0. The topological polar surface area (TPSA) is 71.2 Å². The molecule has 23 heavy (non-hydrogen) atoms. The van der Waals surface area contributed by atoms with E-state index in [4.69, 9.17) is 11.6 Å². The highest BCUT2D eigenvalue weighted by molar-refractivity contribution is 6.30. The fourth-order valence-corrected chi connectivity index (χ4v) is 2.78. The molecule has 0 amide bonds. The number of aromatic hydroxyl groups is 1. The molecule has 7 heteroatoms. The number of pyridine rings is 1. The third-order valence-electron chi connectivity index (χ3n) is 3.83. The Kier molecular flexibility index (Phi) is 4.19. The Balaban J connectivity index is 2.36. The van der Waals surface area contributed by atoms with E-state index in [2.05, 4.69) is 9.97 Å². The summed E-state index contributed by atoms with van der Waals surface area (Å²) >= 11 is 5.89. The molecule has 120 valence electrons. The first-order chi connectivity index (χ1) is 11.1. The molecule has 0 aliphatic rings. The van der Waals surface area contributed by atoms with Gasteiger partial charge in [0.15, 0.2) is 11.5 Å². The lowest BCUT2D eigenvalue weighted by Gasteiger charge is -2.17. The molecule has 1 atom stereocenters. The molecule has 0 saturated heterocycles. The van der Waals surface area contributed by atoms with Gasteiger partial charge in [-0.05, 0) is 24.1 Å². The van der Waals surface area contributed by atoms with Gasteiger partial charge in [-0.2, -0.15) is 4.98 Å². The standard InChI is InChI=1S/C16H15ClFN3O2/c1-2-11(8-22)21-14-13(9-3-5-10(17)6-4-9)12(18)7-19-15(14)20-16(21)23/h3-7,11,22H,2,8H2,1H3,(H,19,20,23)/t11-/m0/s1.